The first-order chi connectivity index (χ1) is 2.27. The van der Waals surface area contributed by atoms with E-state index in [2.05, 4.69) is 0 Å². The lowest BCUT2D eigenvalue weighted by molar-refractivity contribution is 0.239. The largest absolute Gasteiger partial charge is 0.268 e. The van der Waals surface area contributed by atoms with Crippen LogP contribution >= 0.6 is 9.24 Å². The Morgan fingerprint density at radius 1 is 2.00 bits per heavy atom. The van der Waals surface area contributed by atoms with Gasteiger partial charge in [0, 0.05) is 0 Å². The van der Waals surface area contributed by atoms with Gasteiger partial charge in [0.15, 0.2) is 0 Å². The predicted molar refractivity (Wildman–Crippen MR) is 19.3 cm³/mol. The van der Waals surface area contributed by atoms with Crippen molar-refractivity contribution in [2.24, 2.45) is 0 Å². The maximum atomic E-state index is 10.5. The highest BCUT2D eigenvalue weighted by Gasteiger charge is 1.77. The molecular formula is CH3FNOP. The molecule has 0 radical (unpaired) electrons. The summed E-state index contributed by atoms with van der Waals surface area (Å²) < 4.78 is 10.5. The molecule has 5 heavy (non-hydrogen) atoms. The third-order valence-corrected chi connectivity index (χ3v) is 0.202. The van der Waals surface area contributed by atoms with Gasteiger partial charge in [-0.05, 0) is 9.24 Å². The van der Waals surface area contributed by atoms with Gasteiger partial charge in [0.05, 0.1) is 0 Å². The second-order valence-corrected chi connectivity index (χ2v) is 0.983. The van der Waals surface area contributed by atoms with E-state index in [1.54, 1.807) is 9.24 Å². The van der Waals surface area contributed by atoms with Gasteiger partial charge in [-0.3, -0.25) is 4.79 Å². The van der Waals surface area contributed by atoms with E-state index >= 15 is 0 Å². The summed E-state index contributed by atoms with van der Waals surface area (Å²) in [6, 6.07) is 0. The van der Waals surface area contributed by atoms with Crippen molar-refractivity contribution in [3.8, 4) is 0 Å². The molecular weight excluding hydrogens is 92.0 g/mol. The second kappa shape index (κ2) is 2.09. The van der Waals surface area contributed by atoms with E-state index in [1.807, 2.05) is 0 Å². The van der Waals surface area contributed by atoms with Crippen LogP contribution in [0.3, 0.4) is 0 Å². The van der Waals surface area contributed by atoms with Gasteiger partial charge in [0.25, 0.3) is 5.65 Å². The quantitative estimate of drug-likeness (QED) is 0.343. The van der Waals surface area contributed by atoms with Gasteiger partial charge < -0.3 is 0 Å². The average molecular weight is 95.0 g/mol. The Hall–Kier alpha value is -0.170. The highest BCUT2D eigenvalue weighted by Crippen LogP contribution is 1.78. The Bertz CT molecular complexity index is 46.9. The fourth-order valence-corrected chi connectivity index (χ4v) is 0. The van der Waals surface area contributed by atoms with Crippen molar-refractivity contribution in [3.05, 3.63) is 0 Å². The predicted octanol–water partition coefficient (Wildman–Crippen LogP) is 0.456. The van der Waals surface area contributed by atoms with Crippen LogP contribution in [0.5, 0.6) is 0 Å². The lowest BCUT2D eigenvalue weighted by Crippen LogP contribution is -1.99. The van der Waals surface area contributed by atoms with Gasteiger partial charge in [0.1, 0.15) is 0 Å². The fourth-order valence-electron chi connectivity index (χ4n) is 0. The highest BCUT2D eigenvalue weighted by atomic mass is 31.0. The fraction of sp³-hybridized carbons (Fsp3) is 0. The number of carbonyl (C=O) groups excluding carboxylic acids is 1. The van der Waals surface area contributed by atoms with Crippen LogP contribution in [0.1, 0.15) is 0 Å². The minimum Gasteiger partial charge on any atom is -0.268 e. The molecule has 0 rings (SSSR count). The molecule has 0 spiro atoms. The van der Waals surface area contributed by atoms with Crippen LogP contribution < -0.4 is 5.54 Å². The van der Waals surface area contributed by atoms with Gasteiger partial charge in [-0.25, -0.2) is 0 Å². The summed E-state index contributed by atoms with van der Waals surface area (Å²) >= 11 is 0. The van der Waals surface area contributed by atoms with Crippen LogP contribution in [0.15, 0.2) is 0 Å². The van der Waals surface area contributed by atoms with Crippen molar-refractivity contribution in [2.45, 2.75) is 0 Å². The number of halogens is 1. The van der Waals surface area contributed by atoms with Crippen LogP contribution in [-0.2, 0) is 0 Å². The average Bonchev–Trinajstić information content (AvgIpc) is 1.38. The van der Waals surface area contributed by atoms with E-state index in [4.69, 9.17) is 0 Å². The number of amides is 1. The first-order valence-electron chi connectivity index (χ1n) is 0.932. The summed E-state index contributed by atoms with van der Waals surface area (Å²) in [7, 11) is 1.61. The Kier molecular flexibility index (Phi) is 2.02. The smallest absolute Gasteiger partial charge is 0.262 e. The molecule has 0 saturated carbocycles. The van der Waals surface area contributed by atoms with Gasteiger partial charge in [-0.2, -0.15) is 5.54 Å². The summed E-state index contributed by atoms with van der Waals surface area (Å²) in [5, 5.41) is 0. The minimum atomic E-state index is -0.745. The van der Waals surface area contributed by atoms with E-state index in [1.165, 1.54) is 0 Å². The van der Waals surface area contributed by atoms with Crippen LogP contribution in [0.2, 0.25) is 0 Å². The molecule has 1 N–H and O–H groups in total. The van der Waals surface area contributed by atoms with Gasteiger partial charge >= 0.3 is 0 Å². The Balaban J connectivity index is 2.85. The van der Waals surface area contributed by atoms with Crippen molar-refractivity contribution < 1.29 is 9.28 Å². The molecule has 4 heteroatoms. The van der Waals surface area contributed by atoms with Gasteiger partial charge in [0.2, 0.25) is 0 Å². The SMILES string of the molecule is O=C(P)NF. The molecule has 0 aromatic carbocycles. The van der Waals surface area contributed by atoms with Crippen molar-refractivity contribution in [2.75, 3.05) is 0 Å². The molecule has 30 valence electrons. The van der Waals surface area contributed by atoms with Crippen LogP contribution in [0, 0.1) is 0 Å². The molecule has 0 aliphatic rings. The first kappa shape index (κ1) is 4.83. The number of nitrogens with one attached hydrogen (secondary N) is 1. The molecule has 1 atom stereocenters. The van der Waals surface area contributed by atoms with E-state index in [0.29, 0.717) is 0 Å². The monoisotopic (exact) mass is 95.0 g/mol. The lowest BCUT2D eigenvalue weighted by atomic mass is 11.4. The third kappa shape index (κ3) is 3.83. The normalized spacial score (nSPS) is 6.80. The summed E-state index contributed by atoms with van der Waals surface area (Å²) in [4.78, 5) is 9.29. The minimum absolute atomic E-state index is 0.745. The van der Waals surface area contributed by atoms with Crippen molar-refractivity contribution in [3.63, 3.8) is 0 Å². The number of carbonyl (C=O) groups is 1. The summed E-state index contributed by atoms with van der Waals surface area (Å²) in [5.41, 5.74) is 0.106. The van der Waals surface area contributed by atoms with Crippen LogP contribution in [0.25, 0.3) is 0 Å². The summed E-state index contributed by atoms with van der Waals surface area (Å²) in [6.07, 6.45) is 0. The standard InChI is InChI=1S/CH3FNOP/c2-3-1(4)5/h5H2,(H,3,4). The van der Waals surface area contributed by atoms with Crippen molar-refractivity contribution in [1.82, 2.24) is 5.54 Å². The number of hydrogen-bond donors (Lipinski definition) is 1. The van der Waals surface area contributed by atoms with E-state index < -0.39 is 5.65 Å². The second-order valence-electron chi connectivity index (χ2n) is 0.459. The maximum absolute atomic E-state index is 10.5. The first-order valence-corrected chi connectivity index (χ1v) is 1.51. The van der Waals surface area contributed by atoms with E-state index in [-0.39, 0.29) is 0 Å². The molecule has 0 aromatic heterocycles. The Morgan fingerprint density at radius 3 is 2.20 bits per heavy atom. The zero-order chi connectivity index (χ0) is 4.28. The third-order valence-electron chi connectivity index (χ3n) is 0.0931. The molecule has 1 unspecified atom stereocenters. The molecule has 2 nitrogen and oxygen atoms in total. The molecule has 1 amide bonds. The molecule has 0 aliphatic carbocycles. The molecule has 0 aliphatic heterocycles. The molecule has 0 aromatic rings. The van der Waals surface area contributed by atoms with E-state index in [9.17, 15) is 9.28 Å². The summed E-state index contributed by atoms with van der Waals surface area (Å²) in [5.74, 6) is 0. The number of hydrogen-bond acceptors (Lipinski definition) is 1. The molecule has 0 heterocycles. The van der Waals surface area contributed by atoms with Crippen molar-refractivity contribution in [1.29, 1.82) is 0 Å². The maximum Gasteiger partial charge on any atom is 0.262 e. The lowest BCUT2D eigenvalue weighted by Gasteiger charge is -1.74. The molecule has 0 bridgehead atoms. The van der Waals surface area contributed by atoms with Gasteiger partial charge in [-0.15, -0.1) is 0 Å². The van der Waals surface area contributed by atoms with Crippen LogP contribution in [0.4, 0.5) is 9.28 Å². The summed E-state index contributed by atoms with van der Waals surface area (Å²) in [6.45, 7) is 0. The van der Waals surface area contributed by atoms with Crippen molar-refractivity contribution >= 4 is 14.9 Å². The topological polar surface area (TPSA) is 29.1 Å². The zero-order valence-corrected chi connectivity index (χ0v) is 3.52. The zero-order valence-electron chi connectivity index (χ0n) is 2.36. The highest BCUT2D eigenvalue weighted by molar-refractivity contribution is 7.39. The Morgan fingerprint density at radius 2 is 2.20 bits per heavy atom. The molecule has 0 fully saturated rings. The Labute approximate surface area is 30.9 Å². The number of rotatable bonds is 0. The van der Waals surface area contributed by atoms with Crippen LogP contribution in [-0.4, -0.2) is 5.65 Å². The van der Waals surface area contributed by atoms with Gasteiger partial charge in [-0.1, -0.05) is 4.48 Å². The van der Waals surface area contributed by atoms with E-state index in [0.717, 1.165) is 5.54 Å². The molecule has 0 saturated heterocycles.